The Morgan fingerprint density at radius 3 is 3.00 bits per heavy atom. The first-order chi connectivity index (χ1) is 5.29. The van der Waals surface area contributed by atoms with Gasteiger partial charge in [0, 0.05) is 5.92 Å². The lowest BCUT2D eigenvalue weighted by molar-refractivity contribution is 0.921. The Kier molecular flexibility index (Phi) is 1.35. The van der Waals surface area contributed by atoms with Crippen LogP contribution in [0.5, 0.6) is 0 Å². The molecule has 0 N–H and O–H groups in total. The minimum absolute atomic E-state index is 0.599. The zero-order valence-corrected chi connectivity index (χ0v) is 6.89. The quantitative estimate of drug-likeness (QED) is 0.523. The molecule has 1 aromatic carbocycles. The van der Waals surface area contributed by atoms with Gasteiger partial charge in [0.05, 0.1) is 0 Å². The summed E-state index contributed by atoms with van der Waals surface area (Å²) in [6, 6.07) is 9.45. The predicted molar refractivity (Wildman–Crippen MR) is 47.3 cm³/mol. The van der Waals surface area contributed by atoms with Gasteiger partial charge in [-0.25, -0.2) is 0 Å². The van der Waals surface area contributed by atoms with Crippen molar-refractivity contribution in [3.05, 3.63) is 41.0 Å². The van der Waals surface area contributed by atoms with Gasteiger partial charge < -0.3 is 0 Å². The van der Waals surface area contributed by atoms with E-state index in [0.717, 1.165) is 0 Å². The Balaban J connectivity index is 2.58. The van der Waals surface area contributed by atoms with Crippen LogP contribution in [0.2, 0.25) is 0 Å². The van der Waals surface area contributed by atoms with E-state index >= 15 is 0 Å². The Bertz CT molecular complexity index is 308. The Hall–Kier alpha value is -1.04. The highest BCUT2D eigenvalue weighted by Gasteiger charge is 2.16. The van der Waals surface area contributed by atoms with E-state index in [2.05, 4.69) is 38.1 Å². The lowest BCUT2D eigenvalue weighted by Gasteiger charge is -2.05. The largest absolute Gasteiger partial charge is 0.0655 e. The summed E-state index contributed by atoms with van der Waals surface area (Å²) in [6.07, 6.45) is 2.22. The Labute approximate surface area is 67.6 Å². The van der Waals surface area contributed by atoms with Crippen LogP contribution in [0.1, 0.15) is 30.9 Å². The molecule has 0 fully saturated rings. The molecule has 1 aliphatic rings. The molecule has 0 bridgehead atoms. The summed E-state index contributed by atoms with van der Waals surface area (Å²) in [7, 11) is 0. The maximum atomic E-state index is 3.23. The van der Waals surface area contributed by atoms with Gasteiger partial charge in [-0.05, 0) is 24.1 Å². The molecule has 0 aliphatic heterocycles. The van der Waals surface area contributed by atoms with E-state index in [9.17, 15) is 0 Å². The molecule has 1 atom stereocenters. The minimum Gasteiger partial charge on any atom is -0.0655 e. The minimum atomic E-state index is 0.599. The van der Waals surface area contributed by atoms with E-state index in [1.54, 1.807) is 0 Å². The topological polar surface area (TPSA) is 0 Å². The molecule has 0 heteroatoms. The van der Waals surface area contributed by atoms with Gasteiger partial charge in [0.2, 0.25) is 0 Å². The van der Waals surface area contributed by atoms with Gasteiger partial charge in [-0.15, -0.1) is 0 Å². The third-order valence-electron chi connectivity index (χ3n) is 2.44. The fourth-order valence-electron chi connectivity index (χ4n) is 1.56. The molecule has 0 spiro atoms. The van der Waals surface area contributed by atoms with Crippen LogP contribution in [0.3, 0.4) is 0 Å². The third-order valence-corrected chi connectivity index (χ3v) is 2.44. The number of allylic oxidation sites excluding steroid dienone is 1. The highest BCUT2D eigenvalue weighted by Crippen LogP contribution is 2.34. The second-order valence-corrected chi connectivity index (χ2v) is 3.15. The molecule has 1 unspecified atom stereocenters. The van der Waals surface area contributed by atoms with Gasteiger partial charge in [-0.2, -0.15) is 0 Å². The van der Waals surface area contributed by atoms with E-state index in [-0.39, 0.29) is 0 Å². The van der Waals surface area contributed by atoms with E-state index in [1.807, 2.05) is 6.07 Å². The molecule has 0 saturated heterocycles. The van der Waals surface area contributed by atoms with Crippen molar-refractivity contribution in [2.45, 2.75) is 19.8 Å². The van der Waals surface area contributed by atoms with E-state index in [4.69, 9.17) is 0 Å². The van der Waals surface area contributed by atoms with Gasteiger partial charge in [0.15, 0.2) is 0 Å². The lowest BCUT2D eigenvalue weighted by atomic mass is 9.99. The molecule has 0 nitrogen and oxygen atoms in total. The van der Waals surface area contributed by atoms with Crippen LogP contribution in [0.25, 0.3) is 6.08 Å². The average Bonchev–Trinajstić information content (AvgIpc) is 2.30. The molecule has 1 aromatic rings. The molecule has 1 aliphatic carbocycles. The monoisotopic (exact) mass is 143 g/mol. The standard InChI is InChI=1S/C11H11/c1-8-7-10-5-3-4-6-11(10)9(8)2/h3-4,6-7,9H,1-2H3. The van der Waals surface area contributed by atoms with Gasteiger partial charge in [0.1, 0.15) is 0 Å². The van der Waals surface area contributed by atoms with Crippen LogP contribution in [0.15, 0.2) is 23.8 Å². The van der Waals surface area contributed by atoms with Crippen molar-refractivity contribution in [2.75, 3.05) is 0 Å². The Morgan fingerprint density at radius 2 is 2.27 bits per heavy atom. The van der Waals surface area contributed by atoms with Crippen molar-refractivity contribution < 1.29 is 0 Å². The first-order valence-corrected chi connectivity index (χ1v) is 3.98. The molecule has 0 heterocycles. The normalized spacial score (nSPS) is 21.3. The summed E-state index contributed by atoms with van der Waals surface area (Å²) >= 11 is 0. The van der Waals surface area contributed by atoms with E-state index in [0.29, 0.717) is 5.92 Å². The van der Waals surface area contributed by atoms with Crippen molar-refractivity contribution in [3.8, 4) is 0 Å². The van der Waals surface area contributed by atoms with Crippen LogP contribution in [0.4, 0.5) is 0 Å². The summed E-state index contributed by atoms with van der Waals surface area (Å²) in [4.78, 5) is 0. The van der Waals surface area contributed by atoms with Gasteiger partial charge >= 0.3 is 0 Å². The zero-order valence-electron chi connectivity index (χ0n) is 6.89. The highest BCUT2D eigenvalue weighted by molar-refractivity contribution is 5.65. The van der Waals surface area contributed by atoms with Crippen LogP contribution >= 0.6 is 0 Å². The zero-order chi connectivity index (χ0) is 7.84. The first-order valence-electron chi connectivity index (χ1n) is 3.98. The summed E-state index contributed by atoms with van der Waals surface area (Å²) in [5, 5.41) is 0. The second kappa shape index (κ2) is 2.23. The number of fused-ring (bicyclic) bond motifs is 1. The van der Waals surface area contributed by atoms with Gasteiger partial charge in [-0.3, -0.25) is 0 Å². The summed E-state index contributed by atoms with van der Waals surface area (Å²) < 4.78 is 0. The smallest absolute Gasteiger partial charge is 0.00265 e. The summed E-state index contributed by atoms with van der Waals surface area (Å²) in [5.41, 5.74) is 4.14. The predicted octanol–water partition coefficient (Wildman–Crippen LogP) is 3.01. The molecule has 0 saturated carbocycles. The number of hydrogen-bond acceptors (Lipinski definition) is 0. The molecule has 2 rings (SSSR count). The molecule has 55 valence electrons. The fraction of sp³-hybridized carbons (Fsp3) is 0.273. The number of benzene rings is 1. The average molecular weight is 143 g/mol. The lowest BCUT2D eigenvalue weighted by Crippen LogP contribution is -1.88. The van der Waals surface area contributed by atoms with Gasteiger partial charge in [-0.1, -0.05) is 36.8 Å². The van der Waals surface area contributed by atoms with E-state index in [1.165, 1.54) is 16.7 Å². The molecule has 0 aromatic heterocycles. The van der Waals surface area contributed by atoms with Crippen molar-refractivity contribution in [3.63, 3.8) is 0 Å². The molecule has 11 heavy (non-hydrogen) atoms. The third kappa shape index (κ3) is 0.900. The number of hydrogen-bond donors (Lipinski definition) is 0. The SMILES string of the molecule is CC1=Cc2[c]cccc2C1C. The number of rotatable bonds is 0. The van der Waals surface area contributed by atoms with E-state index < -0.39 is 0 Å². The molecule has 1 radical (unpaired) electrons. The first kappa shape index (κ1) is 6.66. The summed E-state index contributed by atoms with van der Waals surface area (Å²) in [6.45, 7) is 4.42. The second-order valence-electron chi connectivity index (χ2n) is 3.15. The maximum Gasteiger partial charge on any atom is 0.00265 e. The maximum absolute atomic E-state index is 3.23. The van der Waals surface area contributed by atoms with Crippen LogP contribution in [-0.2, 0) is 0 Å². The van der Waals surface area contributed by atoms with Crippen LogP contribution < -0.4 is 0 Å². The van der Waals surface area contributed by atoms with Crippen LogP contribution in [0, 0.1) is 6.07 Å². The summed E-state index contributed by atoms with van der Waals surface area (Å²) in [5.74, 6) is 0.599. The van der Waals surface area contributed by atoms with Crippen molar-refractivity contribution in [1.82, 2.24) is 0 Å². The molecular formula is C11H11. The molecular weight excluding hydrogens is 132 g/mol. The van der Waals surface area contributed by atoms with Crippen molar-refractivity contribution in [2.24, 2.45) is 0 Å². The van der Waals surface area contributed by atoms with Crippen molar-refractivity contribution in [1.29, 1.82) is 0 Å². The van der Waals surface area contributed by atoms with Crippen LogP contribution in [-0.4, -0.2) is 0 Å². The molecule has 0 amide bonds. The fourth-order valence-corrected chi connectivity index (χ4v) is 1.56. The van der Waals surface area contributed by atoms with Crippen molar-refractivity contribution >= 4 is 6.08 Å². The Morgan fingerprint density at radius 1 is 1.45 bits per heavy atom. The van der Waals surface area contributed by atoms with Gasteiger partial charge in [0.25, 0.3) is 0 Å². The highest BCUT2D eigenvalue weighted by atomic mass is 14.2.